The Bertz CT molecular complexity index is 388. The Morgan fingerprint density at radius 1 is 1.22 bits per heavy atom. The van der Waals surface area contributed by atoms with E-state index in [4.69, 9.17) is 14.3 Å². The van der Waals surface area contributed by atoms with E-state index >= 15 is 0 Å². The number of furan rings is 1. The Kier molecular flexibility index (Phi) is 3.68. The van der Waals surface area contributed by atoms with Gasteiger partial charge in [-0.25, -0.2) is 0 Å². The van der Waals surface area contributed by atoms with Crippen molar-refractivity contribution in [2.24, 2.45) is 0 Å². The fourth-order valence-corrected chi connectivity index (χ4v) is 3.17. The van der Waals surface area contributed by atoms with Gasteiger partial charge >= 0.3 is 0 Å². The summed E-state index contributed by atoms with van der Waals surface area (Å²) >= 11 is 0. The minimum atomic E-state index is -0.0187. The third kappa shape index (κ3) is 2.46. The summed E-state index contributed by atoms with van der Waals surface area (Å²) < 4.78 is 11.4. The quantitative estimate of drug-likeness (QED) is 0.891. The molecule has 3 rings (SSSR count). The minimum absolute atomic E-state index is 0.0187. The van der Waals surface area contributed by atoms with Crippen LogP contribution in [0.4, 0.5) is 0 Å². The SMILES string of the molecule is OCc1ccc(CN2CCOC3CCCCC32)o1. The highest BCUT2D eigenvalue weighted by Gasteiger charge is 2.34. The molecule has 1 N–H and O–H groups in total. The van der Waals surface area contributed by atoms with Crippen LogP contribution in [-0.4, -0.2) is 35.3 Å². The lowest BCUT2D eigenvalue weighted by Gasteiger charge is -2.43. The predicted molar refractivity (Wildman–Crippen MR) is 67.0 cm³/mol. The molecule has 1 aliphatic heterocycles. The van der Waals surface area contributed by atoms with Crippen molar-refractivity contribution in [2.45, 2.75) is 51.0 Å². The number of hydrogen-bond acceptors (Lipinski definition) is 4. The van der Waals surface area contributed by atoms with Gasteiger partial charge in [-0.2, -0.15) is 0 Å². The molecule has 4 heteroatoms. The summed E-state index contributed by atoms with van der Waals surface area (Å²) in [5.41, 5.74) is 0. The number of ether oxygens (including phenoxy) is 1. The highest BCUT2D eigenvalue weighted by Crippen LogP contribution is 2.29. The average molecular weight is 251 g/mol. The first-order valence-corrected chi connectivity index (χ1v) is 6.91. The first kappa shape index (κ1) is 12.2. The van der Waals surface area contributed by atoms with Crippen molar-refractivity contribution < 1.29 is 14.3 Å². The Morgan fingerprint density at radius 2 is 2.06 bits per heavy atom. The molecule has 2 aliphatic rings. The van der Waals surface area contributed by atoms with Crippen molar-refractivity contribution in [3.63, 3.8) is 0 Å². The highest BCUT2D eigenvalue weighted by molar-refractivity contribution is 5.07. The summed E-state index contributed by atoms with van der Waals surface area (Å²) in [6.07, 6.45) is 5.45. The Balaban J connectivity index is 1.66. The van der Waals surface area contributed by atoms with Gasteiger partial charge in [-0.05, 0) is 25.0 Å². The monoisotopic (exact) mass is 251 g/mol. The number of fused-ring (bicyclic) bond motifs is 1. The van der Waals surface area contributed by atoms with Crippen molar-refractivity contribution in [1.29, 1.82) is 0 Å². The van der Waals surface area contributed by atoms with Crippen molar-refractivity contribution in [3.8, 4) is 0 Å². The molecule has 2 heterocycles. The van der Waals surface area contributed by atoms with Crippen molar-refractivity contribution >= 4 is 0 Å². The molecule has 1 aromatic rings. The van der Waals surface area contributed by atoms with E-state index in [1.807, 2.05) is 12.1 Å². The van der Waals surface area contributed by atoms with Gasteiger partial charge in [0.1, 0.15) is 18.1 Å². The van der Waals surface area contributed by atoms with Crippen LogP contribution < -0.4 is 0 Å². The van der Waals surface area contributed by atoms with E-state index in [1.165, 1.54) is 25.7 Å². The number of morpholine rings is 1. The summed E-state index contributed by atoms with van der Waals surface area (Å²) in [6, 6.07) is 4.38. The Labute approximate surface area is 108 Å². The van der Waals surface area contributed by atoms with Gasteiger partial charge in [0.15, 0.2) is 0 Å². The van der Waals surface area contributed by atoms with E-state index in [-0.39, 0.29) is 6.61 Å². The van der Waals surface area contributed by atoms with Crippen LogP contribution in [0.3, 0.4) is 0 Å². The van der Waals surface area contributed by atoms with E-state index in [2.05, 4.69) is 4.90 Å². The predicted octanol–water partition coefficient (Wildman–Crippen LogP) is 1.92. The zero-order valence-electron chi connectivity index (χ0n) is 10.7. The lowest BCUT2D eigenvalue weighted by Crippen LogP contribution is -2.52. The van der Waals surface area contributed by atoms with Crippen LogP contribution in [0.15, 0.2) is 16.5 Å². The molecule has 0 spiro atoms. The van der Waals surface area contributed by atoms with E-state index < -0.39 is 0 Å². The van der Waals surface area contributed by atoms with Crippen molar-refractivity contribution in [3.05, 3.63) is 23.7 Å². The van der Waals surface area contributed by atoms with Crippen LogP contribution in [0, 0.1) is 0 Å². The molecule has 1 aromatic heterocycles. The van der Waals surface area contributed by atoms with E-state index in [9.17, 15) is 0 Å². The number of aliphatic hydroxyl groups is 1. The largest absolute Gasteiger partial charge is 0.462 e. The minimum Gasteiger partial charge on any atom is -0.462 e. The van der Waals surface area contributed by atoms with Crippen LogP contribution in [0.2, 0.25) is 0 Å². The topological polar surface area (TPSA) is 45.8 Å². The molecule has 1 saturated carbocycles. The number of hydrogen-bond donors (Lipinski definition) is 1. The maximum atomic E-state index is 9.02. The summed E-state index contributed by atoms with van der Waals surface area (Å²) in [7, 11) is 0. The molecule has 1 saturated heterocycles. The number of rotatable bonds is 3. The molecule has 2 fully saturated rings. The molecule has 4 nitrogen and oxygen atoms in total. The molecular formula is C14H21NO3. The summed E-state index contributed by atoms with van der Waals surface area (Å²) in [6.45, 7) is 2.63. The molecule has 0 amide bonds. The van der Waals surface area contributed by atoms with Gasteiger partial charge in [-0.3, -0.25) is 4.90 Å². The maximum absolute atomic E-state index is 9.02. The molecule has 18 heavy (non-hydrogen) atoms. The standard InChI is InChI=1S/C14H21NO3/c16-10-12-6-5-11(18-12)9-15-7-8-17-14-4-2-1-3-13(14)15/h5-6,13-14,16H,1-4,7-10H2. The van der Waals surface area contributed by atoms with Crippen LogP contribution in [0.25, 0.3) is 0 Å². The molecule has 0 aromatic carbocycles. The van der Waals surface area contributed by atoms with Gasteiger partial charge in [0.05, 0.1) is 19.3 Å². The second-order valence-electron chi connectivity index (χ2n) is 5.26. The second kappa shape index (κ2) is 5.43. The van der Waals surface area contributed by atoms with E-state index in [1.54, 1.807) is 0 Å². The molecule has 100 valence electrons. The van der Waals surface area contributed by atoms with Gasteiger partial charge < -0.3 is 14.3 Å². The van der Waals surface area contributed by atoms with Gasteiger partial charge in [0, 0.05) is 12.6 Å². The van der Waals surface area contributed by atoms with Gasteiger partial charge in [0.25, 0.3) is 0 Å². The summed E-state index contributed by atoms with van der Waals surface area (Å²) in [5.74, 6) is 1.60. The van der Waals surface area contributed by atoms with Gasteiger partial charge in [0.2, 0.25) is 0 Å². The molecular weight excluding hydrogens is 230 g/mol. The van der Waals surface area contributed by atoms with E-state index in [0.717, 1.165) is 25.5 Å². The fraction of sp³-hybridized carbons (Fsp3) is 0.714. The third-order valence-corrected chi connectivity index (χ3v) is 4.08. The first-order chi connectivity index (χ1) is 8.86. The van der Waals surface area contributed by atoms with Crippen LogP contribution in [-0.2, 0) is 17.9 Å². The molecule has 1 aliphatic carbocycles. The Morgan fingerprint density at radius 3 is 2.89 bits per heavy atom. The van der Waals surface area contributed by atoms with Gasteiger partial charge in [-0.1, -0.05) is 12.8 Å². The normalized spacial score (nSPS) is 29.2. The lowest BCUT2D eigenvalue weighted by atomic mass is 9.90. The van der Waals surface area contributed by atoms with Crippen molar-refractivity contribution in [1.82, 2.24) is 4.90 Å². The second-order valence-corrected chi connectivity index (χ2v) is 5.26. The number of nitrogens with zero attached hydrogens (tertiary/aromatic N) is 1. The maximum Gasteiger partial charge on any atom is 0.129 e. The lowest BCUT2D eigenvalue weighted by molar-refractivity contribution is -0.0927. The van der Waals surface area contributed by atoms with Crippen molar-refractivity contribution in [2.75, 3.05) is 13.2 Å². The fourth-order valence-electron chi connectivity index (χ4n) is 3.17. The summed E-state index contributed by atoms with van der Waals surface area (Å²) in [5, 5.41) is 9.02. The molecule has 0 bridgehead atoms. The van der Waals surface area contributed by atoms with Crippen LogP contribution in [0.5, 0.6) is 0 Å². The average Bonchev–Trinajstić information content (AvgIpc) is 2.87. The Hall–Kier alpha value is -0.840. The number of aliphatic hydroxyl groups excluding tert-OH is 1. The molecule has 2 atom stereocenters. The zero-order chi connectivity index (χ0) is 12.4. The smallest absolute Gasteiger partial charge is 0.129 e. The summed E-state index contributed by atoms with van der Waals surface area (Å²) in [4.78, 5) is 2.48. The van der Waals surface area contributed by atoms with E-state index in [0.29, 0.717) is 17.9 Å². The zero-order valence-corrected chi connectivity index (χ0v) is 10.7. The third-order valence-electron chi connectivity index (χ3n) is 4.08. The molecule has 0 radical (unpaired) electrons. The van der Waals surface area contributed by atoms with Crippen LogP contribution >= 0.6 is 0 Å². The molecule has 2 unspecified atom stereocenters. The van der Waals surface area contributed by atoms with Gasteiger partial charge in [-0.15, -0.1) is 0 Å². The van der Waals surface area contributed by atoms with Crippen LogP contribution in [0.1, 0.15) is 37.2 Å². The highest BCUT2D eigenvalue weighted by atomic mass is 16.5. The first-order valence-electron chi connectivity index (χ1n) is 6.91.